The maximum absolute atomic E-state index is 11.1. The smallest absolute Gasteiger partial charge is 0.309 e. The van der Waals surface area contributed by atoms with E-state index in [0.29, 0.717) is 12.3 Å². The first-order valence-corrected chi connectivity index (χ1v) is 6.75. The molecular formula is C14H26N2O4. The van der Waals surface area contributed by atoms with Crippen molar-refractivity contribution in [2.24, 2.45) is 5.41 Å². The molecule has 0 aliphatic carbocycles. The summed E-state index contributed by atoms with van der Waals surface area (Å²) in [4.78, 5) is 35.6. The van der Waals surface area contributed by atoms with Crippen LogP contribution in [0.2, 0.25) is 0 Å². The number of carbonyl (C=O) groups is 3. The number of likely N-dealkylation sites (tertiary alicyclic amines) is 1. The molecule has 1 N–H and O–H groups in total. The Bertz CT molecular complexity index is 364. The standard InChI is InChI=1S/C9H17NO3.C5H9NO/c1-9(2,8(12)13)6-5-7(11)10(3)4;1-6-4-2-3-5(6)7/h5-6H2,1-4H3,(H,12,13);2-4H2,1H3. The molecule has 20 heavy (non-hydrogen) atoms. The van der Waals surface area contributed by atoms with Crippen LogP contribution < -0.4 is 0 Å². The Morgan fingerprint density at radius 1 is 1.35 bits per heavy atom. The van der Waals surface area contributed by atoms with E-state index in [9.17, 15) is 14.4 Å². The Hall–Kier alpha value is -1.59. The van der Waals surface area contributed by atoms with Crippen LogP contribution in [0, 0.1) is 5.41 Å². The molecule has 116 valence electrons. The highest BCUT2D eigenvalue weighted by Crippen LogP contribution is 2.22. The summed E-state index contributed by atoms with van der Waals surface area (Å²) in [6.07, 6.45) is 2.47. The molecular weight excluding hydrogens is 260 g/mol. The summed E-state index contributed by atoms with van der Waals surface area (Å²) in [6.45, 7) is 4.20. The lowest BCUT2D eigenvalue weighted by molar-refractivity contribution is -0.147. The molecule has 0 unspecified atom stereocenters. The summed E-state index contributed by atoms with van der Waals surface area (Å²) in [6, 6.07) is 0. The molecule has 0 aromatic carbocycles. The monoisotopic (exact) mass is 286 g/mol. The fourth-order valence-corrected chi connectivity index (χ4v) is 1.53. The van der Waals surface area contributed by atoms with Crippen LogP contribution in [0.5, 0.6) is 0 Å². The van der Waals surface area contributed by atoms with E-state index < -0.39 is 11.4 Å². The third-order valence-corrected chi connectivity index (χ3v) is 3.35. The van der Waals surface area contributed by atoms with Gasteiger partial charge in [0.1, 0.15) is 0 Å². The van der Waals surface area contributed by atoms with Gasteiger partial charge in [0.15, 0.2) is 0 Å². The number of hydrogen-bond acceptors (Lipinski definition) is 3. The normalized spacial score (nSPS) is 14.7. The lowest BCUT2D eigenvalue weighted by atomic mass is 9.88. The molecule has 0 bridgehead atoms. The first kappa shape index (κ1) is 18.4. The van der Waals surface area contributed by atoms with Crippen molar-refractivity contribution in [3.63, 3.8) is 0 Å². The molecule has 1 rings (SSSR count). The van der Waals surface area contributed by atoms with Crippen LogP contribution in [0.25, 0.3) is 0 Å². The molecule has 0 radical (unpaired) electrons. The molecule has 2 amide bonds. The van der Waals surface area contributed by atoms with Crippen molar-refractivity contribution in [1.82, 2.24) is 9.80 Å². The van der Waals surface area contributed by atoms with Gasteiger partial charge in [-0.15, -0.1) is 0 Å². The number of aliphatic carboxylic acids is 1. The topological polar surface area (TPSA) is 77.9 Å². The van der Waals surface area contributed by atoms with Gasteiger partial charge in [0, 0.05) is 40.5 Å². The summed E-state index contributed by atoms with van der Waals surface area (Å²) in [5.74, 6) is -0.603. The van der Waals surface area contributed by atoms with E-state index in [4.69, 9.17) is 5.11 Å². The van der Waals surface area contributed by atoms with Gasteiger partial charge < -0.3 is 14.9 Å². The highest BCUT2D eigenvalue weighted by atomic mass is 16.4. The van der Waals surface area contributed by atoms with Crippen LogP contribution in [0.4, 0.5) is 0 Å². The summed E-state index contributed by atoms with van der Waals surface area (Å²) in [7, 11) is 5.17. The van der Waals surface area contributed by atoms with Gasteiger partial charge in [0.05, 0.1) is 5.41 Å². The summed E-state index contributed by atoms with van der Waals surface area (Å²) < 4.78 is 0. The van der Waals surface area contributed by atoms with Crippen LogP contribution in [-0.2, 0) is 14.4 Å². The summed E-state index contributed by atoms with van der Waals surface area (Å²) in [5.41, 5.74) is -0.814. The van der Waals surface area contributed by atoms with Crippen LogP contribution in [0.3, 0.4) is 0 Å². The van der Waals surface area contributed by atoms with Crippen molar-refractivity contribution in [1.29, 1.82) is 0 Å². The maximum Gasteiger partial charge on any atom is 0.309 e. The zero-order valence-corrected chi connectivity index (χ0v) is 13.1. The number of carboxylic acids is 1. The Kier molecular flexibility index (Phi) is 7.24. The average molecular weight is 286 g/mol. The second-order valence-corrected chi connectivity index (χ2v) is 5.90. The maximum atomic E-state index is 11.1. The minimum Gasteiger partial charge on any atom is -0.481 e. The third-order valence-electron chi connectivity index (χ3n) is 3.35. The molecule has 0 aromatic heterocycles. The fraction of sp³-hybridized carbons (Fsp3) is 0.786. The molecule has 6 nitrogen and oxygen atoms in total. The molecule has 1 saturated heterocycles. The molecule has 0 spiro atoms. The largest absolute Gasteiger partial charge is 0.481 e. The highest BCUT2D eigenvalue weighted by Gasteiger charge is 2.27. The van der Waals surface area contributed by atoms with Gasteiger partial charge in [-0.25, -0.2) is 0 Å². The molecule has 1 aliphatic rings. The van der Waals surface area contributed by atoms with Crippen molar-refractivity contribution in [2.45, 2.75) is 39.5 Å². The summed E-state index contributed by atoms with van der Waals surface area (Å²) in [5, 5.41) is 8.77. The Morgan fingerprint density at radius 3 is 2.15 bits per heavy atom. The van der Waals surface area contributed by atoms with E-state index in [-0.39, 0.29) is 12.3 Å². The second-order valence-electron chi connectivity index (χ2n) is 5.90. The lowest BCUT2D eigenvalue weighted by Gasteiger charge is -2.19. The van der Waals surface area contributed by atoms with Crippen molar-refractivity contribution in [2.75, 3.05) is 27.7 Å². The number of rotatable bonds is 4. The lowest BCUT2D eigenvalue weighted by Crippen LogP contribution is -2.28. The van der Waals surface area contributed by atoms with E-state index in [0.717, 1.165) is 19.4 Å². The zero-order valence-electron chi connectivity index (χ0n) is 13.1. The van der Waals surface area contributed by atoms with Crippen molar-refractivity contribution >= 4 is 17.8 Å². The number of carbonyl (C=O) groups excluding carboxylic acids is 2. The first-order chi connectivity index (χ1) is 9.08. The second kappa shape index (κ2) is 7.87. The number of nitrogens with zero attached hydrogens (tertiary/aromatic N) is 2. The molecule has 6 heteroatoms. The van der Waals surface area contributed by atoms with Gasteiger partial charge in [-0.1, -0.05) is 0 Å². The number of carboxylic acid groups (broad SMARTS) is 1. The van der Waals surface area contributed by atoms with E-state index in [1.807, 2.05) is 7.05 Å². The van der Waals surface area contributed by atoms with Gasteiger partial charge >= 0.3 is 5.97 Å². The van der Waals surface area contributed by atoms with Gasteiger partial charge in [0.25, 0.3) is 0 Å². The number of hydrogen-bond donors (Lipinski definition) is 1. The highest BCUT2D eigenvalue weighted by molar-refractivity contribution is 5.78. The third kappa shape index (κ3) is 6.54. The Labute approximate surface area is 120 Å². The van der Waals surface area contributed by atoms with E-state index in [2.05, 4.69) is 0 Å². The van der Waals surface area contributed by atoms with Crippen LogP contribution >= 0.6 is 0 Å². The Morgan fingerprint density at radius 2 is 1.90 bits per heavy atom. The van der Waals surface area contributed by atoms with Crippen molar-refractivity contribution in [3.8, 4) is 0 Å². The first-order valence-electron chi connectivity index (χ1n) is 6.75. The SMILES string of the molecule is CN(C)C(=O)CCC(C)(C)C(=O)O.CN1CCCC1=O. The van der Waals surface area contributed by atoms with Gasteiger partial charge in [-0.05, 0) is 26.7 Å². The molecule has 0 atom stereocenters. The van der Waals surface area contributed by atoms with Crippen molar-refractivity contribution < 1.29 is 19.5 Å². The van der Waals surface area contributed by atoms with Gasteiger partial charge in [-0.3, -0.25) is 14.4 Å². The molecule has 1 aliphatic heterocycles. The van der Waals surface area contributed by atoms with Crippen LogP contribution in [-0.4, -0.2) is 60.4 Å². The average Bonchev–Trinajstić information content (AvgIpc) is 2.71. The van der Waals surface area contributed by atoms with Gasteiger partial charge in [0.2, 0.25) is 11.8 Å². The van der Waals surface area contributed by atoms with E-state index in [1.54, 1.807) is 32.8 Å². The zero-order chi connectivity index (χ0) is 15.9. The minimum atomic E-state index is -0.862. The van der Waals surface area contributed by atoms with E-state index in [1.165, 1.54) is 4.90 Å². The van der Waals surface area contributed by atoms with Crippen LogP contribution in [0.15, 0.2) is 0 Å². The molecule has 0 aromatic rings. The van der Waals surface area contributed by atoms with Crippen molar-refractivity contribution in [3.05, 3.63) is 0 Å². The summed E-state index contributed by atoms with van der Waals surface area (Å²) >= 11 is 0. The quantitative estimate of drug-likeness (QED) is 0.842. The molecule has 0 saturated carbocycles. The minimum absolute atomic E-state index is 0.0330. The van der Waals surface area contributed by atoms with Gasteiger partial charge in [-0.2, -0.15) is 0 Å². The number of amides is 2. The predicted molar refractivity (Wildman–Crippen MR) is 76.2 cm³/mol. The van der Waals surface area contributed by atoms with Crippen LogP contribution in [0.1, 0.15) is 39.5 Å². The Balaban J connectivity index is 0.000000428. The van der Waals surface area contributed by atoms with E-state index >= 15 is 0 Å². The molecule has 1 fully saturated rings. The predicted octanol–water partition coefficient (Wildman–Crippen LogP) is 1.20. The fourth-order valence-electron chi connectivity index (χ4n) is 1.53. The molecule has 1 heterocycles.